The van der Waals surface area contributed by atoms with Crippen molar-refractivity contribution in [2.75, 3.05) is 6.54 Å². The van der Waals surface area contributed by atoms with E-state index in [1.807, 2.05) is 54.2 Å². The summed E-state index contributed by atoms with van der Waals surface area (Å²) in [4.78, 5) is 15.2. The monoisotopic (exact) mass is 508 g/mol. The minimum Gasteiger partial charge on any atom is -0.341 e. The number of hydrogen-bond donors (Lipinski definition) is 0. The molecule has 3 heterocycles. The zero-order valence-corrected chi connectivity index (χ0v) is 21.6. The summed E-state index contributed by atoms with van der Waals surface area (Å²) in [5.41, 5.74) is 6.11. The minimum absolute atomic E-state index is 0.0487. The Kier molecular flexibility index (Phi) is 5.74. The van der Waals surface area contributed by atoms with Crippen LogP contribution in [0.3, 0.4) is 0 Å². The largest absolute Gasteiger partial charge is 0.341 e. The number of benzene rings is 3. The van der Waals surface area contributed by atoms with Crippen molar-refractivity contribution in [3.05, 3.63) is 89.5 Å². The molecule has 1 saturated heterocycles. The van der Waals surface area contributed by atoms with Crippen molar-refractivity contribution in [2.45, 2.75) is 20.4 Å². The molecule has 1 fully saturated rings. The number of likely N-dealkylation sites (N-methyl/N-ethyl adjacent to an activating group) is 1. The third-order valence-electron chi connectivity index (χ3n) is 6.60. The fourth-order valence-electron chi connectivity index (χ4n) is 4.89. The summed E-state index contributed by atoms with van der Waals surface area (Å²) >= 11 is 6.78. The minimum atomic E-state index is -0.0487. The van der Waals surface area contributed by atoms with Gasteiger partial charge in [0.15, 0.2) is 0 Å². The Bertz CT molecular complexity index is 1680. The van der Waals surface area contributed by atoms with E-state index in [0.29, 0.717) is 15.8 Å². The number of aromatic nitrogens is 3. The second-order valence-electron chi connectivity index (χ2n) is 8.63. The average molecular weight is 509 g/mol. The summed E-state index contributed by atoms with van der Waals surface area (Å²) in [6, 6.07) is 25.1. The summed E-state index contributed by atoms with van der Waals surface area (Å²) in [6.45, 7) is 5.58. The van der Waals surface area contributed by atoms with Gasteiger partial charge in [-0.05, 0) is 50.3 Å². The Morgan fingerprint density at radius 2 is 1.67 bits per heavy atom. The fourth-order valence-corrected chi connectivity index (χ4v) is 6.26. The predicted molar refractivity (Wildman–Crippen MR) is 153 cm³/mol. The van der Waals surface area contributed by atoms with Crippen LogP contribution in [0.15, 0.2) is 83.9 Å². The van der Waals surface area contributed by atoms with Crippen molar-refractivity contribution in [1.29, 1.82) is 0 Å². The SMILES string of the molecule is CCN1C(=O)/C(=C\c2cn(-c3ccccc3)nc2-c2ccc3c(c2)c2ccccc2n3CC)SC1=S. The van der Waals surface area contributed by atoms with Crippen LogP contribution in [0.1, 0.15) is 19.4 Å². The van der Waals surface area contributed by atoms with Crippen LogP contribution in [-0.2, 0) is 11.3 Å². The van der Waals surface area contributed by atoms with Crippen molar-refractivity contribution < 1.29 is 4.79 Å². The molecule has 2 aromatic heterocycles. The molecule has 0 atom stereocenters. The lowest BCUT2D eigenvalue weighted by Crippen LogP contribution is -2.27. The molecule has 1 amide bonds. The number of carbonyl (C=O) groups excluding carboxylic acids is 1. The number of para-hydroxylation sites is 2. The van der Waals surface area contributed by atoms with E-state index in [1.165, 1.54) is 33.6 Å². The van der Waals surface area contributed by atoms with E-state index in [2.05, 4.69) is 54.0 Å². The number of nitrogens with zero attached hydrogens (tertiary/aromatic N) is 4. The quantitative estimate of drug-likeness (QED) is 0.192. The van der Waals surface area contributed by atoms with Crippen molar-refractivity contribution >= 4 is 62.1 Å². The molecule has 5 nitrogen and oxygen atoms in total. The van der Waals surface area contributed by atoms with E-state index >= 15 is 0 Å². The first-order chi connectivity index (χ1) is 17.6. The molecule has 0 radical (unpaired) electrons. The molecular formula is C29H24N4OS2. The van der Waals surface area contributed by atoms with Crippen LogP contribution >= 0.6 is 24.0 Å². The molecule has 0 N–H and O–H groups in total. The molecule has 6 rings (SSSR count). The number of thioether (sulfide) groups is 1. The highest BCUT2D eigenvalue weighted by molar-refractivity contribution is 8.26. The van der Waals surface area contributed by atoms with Gasteiger partial charge in [0.05, 0.1) is 10.6 Å². The topological polar surface area (TPSA) is 43.1 Å². The van der Waals surface area contributed by atoms with Gasteiger partial charge in [-0.3, -0.25) is 9.69 Å². The standard InChI is InChI=1S/C29H24N4OS2/c1-3-31-24-13-9-8-12-22(24)23-16-19(14-15-25(23)31)27-20(17-26-28(34)32(4-2)29(35)36-26)18-33(30-27)21-10-6-5-7-11-21/h5-18H,3-4H2,1-2H3/b26-17+. The third-order valence-corrected chi connectivity index (χ3v) is 7.98. The highest BCUT2D eigenvalue weighted by Gasteiger charge is 2.31. The second kappa shape index (κ2) is 9.08. The summed E-state index contributed by atoms with van der Waals surface area (Å²) in [5, 5.41) is 7.41. The van der Waals surface area contributed by atoms with Gasteiger partial charge < -0.3 is 4.57 Å². The summed E-state index contributed by atoms with van der Waals surface area (Å²) in [5.74, 6) is -0.0487. The third kappa shape index (κ3) is 3.67. The van der Waals surface area contributed by atoms with Crippen LogP contribution in [-0.4, -0.2) is 36.0 Å². The first kappa shape index (κ1) is 22.8. The summed E-state index contributed by atoms with van der Waals surface area (Å²) in [7, 11) is 0. The fraction of sp³-hybridized carbons (Fsp3) is 0.138. The van der Waals surface area contributed by atoms with E-state index in [4.69, 9.17) is 17.3 Å². The van der Waals surface area contributed by atoms with Crippen molar-refractivity contribution in [2.24, 2.45) is 0 Å². The normalized spacial score (nSPS) is 15.2. The summed E-state index contributed by atoms with van der Waals surface area (Å²) in [6.07, 6.45) is 3.92. The van der Waals surface area contributed by atoms with Gasteiger partial charge >= 0.3 is 0 Å². The Balaban J connectivity index is 1.55. The Hall–Kier alpha value is -3.68. The maximum atomic E-state index is 13.0. The maximum absolute atomic E-state index is 13.0. The van der Waals surface area contributed by atoms with Gasteiger partial charge in [0.2, 0.25) is 0 Å². The van der Waals surface area contributed by atoms with E-state index in [1.54, 1.807) is 4.90 Å². The van der Waals surface area contributed by atoms with Gasteiger partial charge in [-0.25, -0.2) is 4.68 Å². The van der Waals surface area contributed by atoms with Crippen molar-refractivity contribution in [3.8, 4) is 16.9 Å². The van der Waals surface area contributed by atoms with Gasteiger partial charge in [-0.1, -0.05) is 66.4 Å². The first-order valence-corrected chi connectivity index (χ1v) is 13.2. The van der Waals surface area contributed by atoms with Gasteiger partial charge in [0.25, 0.3) is 5.91 Å². The molecular weight excluding hydrogens is 484 g/mol. The number of hydrogen-bond acceptors (Lipinski definition) is 4. The van der Waals surface area contributed by atoms with Gasteiger partial charge in [-0.15, -0.1) is 0 Å². The number of fused-ring (bicyclic) bond motifs is 3. The highest BCUT2D eigenvalue weighted by Crippen LogP contribution is 2.37. The molecule has 0 aliphatic carbocycles. The molecule has 0 saturated carbocycles. The summed E-state index contributed by atoms with van der Waals surface area (Å²) < 4.78 is 4.81. The average Bonchev–Trinajstić information content (AvgIpc) is 3.55. The lowest BCUT2D eigenvalue weighted by Gasteiger charge is -2.09. The molecule has 1 aliphatic rings. The first-order valence-electron chi connectivity index (χ1n) is 12.0. The molecule has 7 heteroatoms. The Labute approximate surface area is 219 Å². The van der Waals surface area contributed by atoms with Crippen LogP contribution in [0.5, 0.6) is 0 Å². The van der Waals surface area contributed by atoms with Crippen LogP contribution in [0, 0.1) is 0 Å². The van der Waals surface area contributed by atoms with Crippen molar-refractivity contribution in [1.82, 2.24) is 19.2 Å². The van der Waals surface area contributed by atoms with Gasteiger partial charge in [-0.2, -0.15) is 5.10 Å². The van der Waals surface area contributed by atoms with E-state index < -0.39 is 0 Å². The Morgan fingerprint density at radius 1 is 0.917 bits per heavy atom. The van der Waals surface area contributed by atoms with E-state index in [0.717, 1.165) is 29.1 Å². The van der Waals surface area contributed by atoms with Gasteiger partial charge in [0, 0.05) is 52.2 Å². The number of rotatable bonds is 5. The van der Waals surface area contributed by atoms with Crippen LogP contribution in [0.4, 0.5) is 0 Å². The maximum Gasteiger partial charge on any atom is 0.266 e. The molecule has 1 aliphatic heterocycles. The zero-order chi connectivity index (χ0) is 24.8. The Morgan fingerprint density at radius 3 is 2.42 bits per heavy atom. The number of aryl methyl sites for hydroxylation is 1. The second-order valence-corrected chi connectivity index (χ2v) is 10.3. The molecule has 5 aromatic rings. The van der Waals surface area contributed by atoms with Crippen LogP contribution < -0.4 is 0 Å². The van der Waals surface area contributed by atoms with Crippen LogP contribution in [0.2, 0.25) is 0 Å². The molecule has 0 spiro atoms. The highest BCUT2D eigenvalue weighted by atomic mass is 32.2. The number of amides is 1. The lowest BCUT2D eigenvalue weighted by molar-refractivity contribution is -0.121. The zero-order valence-electron chi connectivity index (χ0n) is 20.0. The molecule has 36 heavy (non-hydrogen) atoms. The van der Waals surface area contributed by atoms with Crippen LogP contribution in [0.25, 0.3) is 44.8 Å². The van der Waals surface area contributed by atoms with Gasteiger partial charge in [0.1, 0.15) is 10.0 Å². The van der Waals surface area contributed by atoms with E-state index in [9.17, 15) is 4.79 Å². The predicted octanol–water partition coefficient (Wildman–Crippen LogP) is 6.89. The van der Waals surface area contributed by atoms with E-state index in [-0.39, 0.29) is 5.91 Å². The number of carbonyl (C=O) groups is 1. The molecule has 178 valence electrons. The molecule has 3 aromatic carbocycles. The smallest absolute Gasteiger partial charge is 0.266 e. The van der Waals surface area contributed by atoms with Crippen molar-refractivity contribution in [3.63, 3.8) is 0 Å². The number of thiocarbonyl (C=S) groups is 1. The lowest BCUT2D eigenvalue weighted by atomic mass is 10.0. The molecule has 0 unspecified atom stereocenters. The molecule has 0 bridgehead atoms.